The van der Waals surface area contributed by atoms with Crippen LogP contribution in [0, 0.1) is 13.8 Å². The number of alkyl halides is 3. The Morgan fingerprint density at radius 2 is 1.88 bits per heavy atom. The number of pyridine rings is 1. The minimum absolute atomic E-state index is 0.000757. The number of hydrogen-bond acceptors (Lipinski definition) is 8. The number of fused-ring (bicyclic) bond motifs is 1. The van der Waals surface area contributed by atoms with E-state index in [0.717, 1.165) is 5.56 Å². The molecule has 40 heavy (non-hydrogen) atoms. The summed E-state index contributed by atoms with van der Waals surface area (Å²) in [5.41, 5.74) is 3.12. The molecule has 0 radical (unpaired) electrons. The van der Waals surface area contributed by atoms with E-state index in [4.69, 9.17) is 31.1 Å². The first-order valence-corrected chi connectivity index (χ1v) is 13.2. The number of halogens is 4. The van der Waals surface area contributed by atoms with Crippen molar-refractivity contribution >= 4 is 44.3 Å². The van der Waals surface area contributed by atoms with Crippen LogP contribution in [0.25, 0.3) is 22.3 Å². The first-order chi connectivity index (χ1) is 18.4. The highest BCUT2D eigenvalue weighted by Crippen LogP contribution is 2.33. The van der Waals surface area contributed by atoms with Crippen molar-refractivity contribution in [1.29, 1.82) is 0 Å². The van der Waals surface area contributed by atoms with Crippen molar-refractivity contribution in [2.45, 2.75) is 38.0 Å². The third kappa shape index (κ3) is 6.78. The highest BCUT2D eigenvalue weighted by Gasteiger charge is 2.38. The summed E-state index contributed by atoms with van der Waals surface area (Å²) in [6.07, 6.45) is -1.69. The number of aliphatic carboxylic acids is 1. The first kappa shape index (κ1) is 30.6. The van der Waals surface area contributed by atoms with Gasteiger partial charge in [0.2, 0.25) is 0 Å². The Morgan fingerprint density at radius 3 is 2.40 bits per heavy atom. The molecule has 16 heteroatoms. The summed E-state index contributed by atoms with van der Waals surface area (Å²) in [7, 11) is -2.35. The van der Waals surface area contributed by atoms with Crippen LogP contribution in [0.5, 0.6) is 0 Å². The number of hydrogen-bond donors (Lipinski definition) is 3. The summed E-state index contributed by atoms with van der Waals surface area (Å²) in [5, 5.41) is 19.8. The number of nitrogens with two attached hydrogens (primary N) is 1. The maximum Gasteiger partial charge on any atom is 0.490 e. The van der Waals surface area contributed by atoms with E-state index >= 15 is 0 Å². The van der Waals surface area contributed by atoms with Crippen LogP contribution in [0.15, 0.2) is 50.9 Å². The quantitative estimate of drug-likeness (QED) is 0.282. The Morgan fingerprint density at radius 1 is 1.25 bits per heavy atom. The molecule has 11 nitrogen and oxygen atoms in total. The molecule has 0 spiro atoms. The minimum Gasteiger partial charge on any atom is -0.475 e. The average Bonchev–Trinajstić information content (AvgIpc) is 3.27. The molecule has 4 aromatic rings. The number of anilines is 1. The number of benzene rings is 1. The van der Waals surface area contributed by atoms with Gasteiger partial charge in [0, 0.05) is 24.4 Å². The smallest absolute Gasteiger partial charge is 0.475 e. The normalized spacial score (nSPS) is 12.5. The number of nitrogens with zero attached hydrogens (tertiary/aromatic N) is 3. The maximum atomic E-state index is 13.2. The number of carboxylic acids is 1. The first-order valence-electron chi connectivity index (χ1n) is 11.2. The van der Waals surface area contributed by atoms with Gasteiger partial charge in [-0.1, -0.05) is 17.7 Å². The summed E-state index contributed by atoms with van der Waals surface area (Å²) < 4.78 is 63.7. The second-order valence-corrected chi connectivity index (χ2v) is 10.6. The molecule has 0 bridgehead atoms. The van der Waals surface area contributed by atoms with Gasteiger partial charge in [-0.3, -0.25) is 9.48 Å². The Hall–Kier alpha value is -3.95. The highest BCUT2D eigenvalue weighted by atomic mass is 35.5. The van der Waals surface area contributed by atoms with Gasteiger partial charge in [-0.15, -0.1) is 0 Å². The molecule has 0 amide bonds. The zero-order chi connectivity index (χ0) is 30.2. The van der Waals surface area contributed by atoms with Crippen molar-refractivity contribution < 1.29 is 35.9 Å². The topological polar surface area (TPSA) is 170 Å². The standard InChI is InChI=1S/C22H22ClN5O4S.C2HF3O2/c1-11-7-15(13(3)26-17-5-6-18(23)27-22(17)33(24,30)31)21-16(8-11)19(29)12(2)20(32-21)14-9-25-28(4)10-14;3-2(4,5)1(6)7/h5-10,13,26H,1-4H3,(H2,24,30,31);(H,6,7). The largest absolute Gasteiger partial charge is 0.490 e. The number of sulfonamides is 1. The lowest BCUT2D eigenvalue weighted by molar-refractivity contribution is -0.192. The van der Waals surface area contributed by atoms with Crippen LogP contribution >= 0.6 is 11.6 Å². The molecule has 0 saturated carbocycles. The van der Waals surface area contributed by atoms with Crippen LogP contribution in [0.2, 0.25) is 5.15 Å². The lowest BCUT2D eigenvalue weighted by atomic mass is 9.99. The second kappa shape index (κ2) is 11.3. The predicted octanol–water partition coefficient (Wildman–Crippen LogP) is 4.31. The molecule has 1 aromatic carbocycles. The van der Waals surface area contributed by atoms with E-state index in [1.807, 2.05) is 19.9 Å². The van der Waals surface area contributed by atoms with Gasteiger partial charge in [-0.05, 0) is 44.5 Å². The molecule has 0 saturated heterocycles. The molecular weight excluding hydrogens is 579 g/mol. The van der Waals surface area contributed by atoms with Crippen LogP contribution in [-0.4, -0.2) is 40.4 Å². The summed E-state index contributed by atoms with van der Waals surface area (Å²) in [4.78, 5) is 26.0. The van der Waals surface area contributed by atoms with E-state index < -0.39 is 28.2 Å². The third-order valence-corrected chi connectivity index (χ3v) is 6.60. The third-order valence-electron chi connectivity index (χ3n) is 5.54. The predicted molar refractivity (Wildman–Crippen MR) is 141 cm³/mol. The maximum absolute atomic E-state index is 13.2. The van der Waals surface area contributed by atoms with Crippen molar-refractivity contribution in [3.63, 3.8) is 0 Å². The number of aryl methyl sites for hydroxylation is 2. The lowest BCUT2D eigenvalue weighted by Crippen LogP contribution is -2.21. The molecule has 0 aliphatic heterocycles. The summed E-state index contributed by atoms with van der Waals surface area (Å²) >= 11 is 5.87. The molecular formula is C24H23ClF3N5O6S. The number of primary sulfonamides is 1. The summed E-state index contributed by atoms with van der Waals surface area (Å²) in [6.45, 7) is 5.41. The molecule has 214 valence electrons. The Bertz CT molecular complexity index is 1770. The molecule has 1 atom stereocenters. The molecule has 0 aliphatic rings. The molecule has 0 aliphatic carbocycles. The van der Waals surface area contributed by atoms with Gasteiger partial charge < -0.3 is 14.8 Å². The van der Waals surface area contributed by atoms with Crippen molar-refractivity contribution in [3.05, 3.63) is 68.7 Å². The van der Waals surface area contributed by atoms with Crippen LogP contribution < -0.4 is 15.9 Å². The Labute approximate surface area is 230 Å². The SMILES string of the molecule is Cc1cc(C(C)Nc2ccc(Cl)nc2S(N)(=O)=O)c2oc(-c3cnn(C)c3)c(C)c(=O)c2c1.O=C(O)C(F)(F)F. The number of carbonyl (C=O) groups is 1. The fraction of sp³-hybridized carbons (Fsp3) is 0.250. The van der Waals surface area contributed by atoms with Gasteiger partial charge in [0.1, 0.15) is 16.5 Å². The lowest BCUT2D eigenvalue weighted by Gasteiger charge is -2.19. The monoisotopic (exact) mass is 601 g/mol. The Balaban J connectivity index is 0.000000559. The van der Waals surface area contributed by atoms with E-state index in [-0.39, 0.29) is 21.3 Å². The molecule has 3 heterocycles. The number of nitrogens with one attached hydrogen (secondary N) is 1. The van der Waals surface area contributed by atoms with Crippen LogP contribution in [0.4, 0.5) is 18.9 Å². The summed E-state index contributed by atoms with van der Waals surface area (Å²) in [6, 6.07) is 6.14. The fourth-order valence-corrected chi connectivity index (χ4v) is 4.62. The molecule has 3 aromatic heterocycles. The van der Waals surface area contributed by atoms with Crippen LogP contribution in [0.3, 0.4) is 0 Å². The number of aromatic nitrogens is 3. The zero-order valence-corrected chi connectivity index (χ0v) is 22.9. The van der Waals surface area contributed by atoms with E-state index in [9.17, 15) is 26.4 Å². The van der Waals surface area contributed by atoms with E-state index in [1.165, 1.54) is 12.1 Å². The zero-order valence-electron chi connectivity index (χ0n) is 21.4. The number of carboxylic acid groups (broad SMARTS) is 1. The van der Waals surface area contributed by atoms with Crippen molar-refractivity contribution in [3.8, 4) is 11.3 Å². The fourth-order valence-electron chi connectivity index (χ4n) is 3.76. The molecule has 4 rings (SSSR count). The van der Waals surface area contributed by atoms with Gasteiger partial charge in [0.25, 0.3) is 10.0 Å². The van der Waals surface area contributed by atoms with E-state index in [2.05, 4.69) is 15.4 Å². The van der Waals surface area contributed by atoms with Gasteiger partial charge >= 0.3 is 12.1 Å². The second-order valence-electron chi connectivity index (χ2n) is 8.72. The molecule has 1 unspecified atom stereocenters. The van der Waals surface area contributed by atoms with Gasteiger partial charge in [0.15, 0.2) is 10.5 Å². The average molecular weight is 602 g/mol. The van der Waals surface area contributed by atoms with Gasteiger partial charge in [-0.2, -0.15) is 18.3 Å². The van der Waals surface area contributed by atoms with E-state index in [0.29, 0.717) is 33.4 Å². The van der Waals surface area contributed by atoms with Crippen molar-refractivity contribution in [2.75, 3.05) is 5.32 Å². The van der Waals surface area contributed by atoms with Gasteiger partial charge in [-0.25, -0.2) is 23.3 Å². The van der Waals surface area contributed by atoms with Crippen LogP contribution in [0.1, 0.15) is 29.7 Å². The molecule has 0 fully saturated rings. The highest BCUT2D eigenvalue weighted by molar-refractivity contribution is 7.89. The number of rotatable bonds is 5. The van der Waals surface area contributed by atoms with Gasteiger partial charge in [0.05, 0.1) is 28.9 Å². The summed E-state index contributed by atoms with van der Waals surface area (Å²) in [5.74, 6) is -2.33. The minimum atomic E-state index is -5.08. The van der Waals surface area contributed by atoms with Crippen LogP contribution in [-0.2, 0) is 21.9 Å². The van der Waals surface area contributed by atoms with E-state index in [1.54, 1.807) is 37.1 Å². The van der Waals surface area contributed by atoms with Crippen molar-refractivity contribution in [2.24, 2.45) is 12.2 Å². The Kier molecular flexibility index (Phi) is 8.62. The molecule has 4 N–H and O–H groups in total. The van der Waals surface area contributed by atoms with Crippen molar-refractivity contribution in [1.82, 2.24) is 14.8 Å².